The lowest BCUT2D eigenvalue weighted by molar-refractivity contribution is -0.0164. The van der Waals surface area contributed by atoms with Crippen molar-refractivity contribution in [3.05, 3.63) is 29.3 Å². The molecule has 0 radical (unpaired) electrons. The highest BCUT2D eigenvalue weighted by molar-refractivity contribution is 5.37. The summed E-state index contributed by atoms with van der Waals surface area (Å²) in [6.07, 6.45) is 4.52. The zero-order valence-corrected chi connectivity index (χ0v) is 9.37. The summed E-state index contributed by atoms with van der Waals surface area (Å²) in [4.78, 5) is 0. The largest absolute Gasteiger partial charge is 0.467 e. The number of benzene rings is 1. The number of hydrogen-bond donors (Lipinski definition) is 1. The van der Waals surface area contributed by atoms with Crippen molar-refractivity contribution in [3.63, 3.8) is 0 Å². The molecule has 1 aliphatic carbocycles. The van der Waals surface area contributed by atoms with E-state index in [2.05, 4.69) is 12.1 Å². The zero-order chi connectivity index (χ0) is 11.0. The Morgan fingerprint density at radius 1 is 1.31 bits per heavy atom. The van der Waals surface area contributed by atoms with Crippen LogP contribution in [0.3, 0.4) is 0 Å². The highest BCUT2D eigenvalue weighted by Crippen LogP contribution is 2.37. The second-order valence-electron chi connectivity index (χ2n) is 4.92. The number of aryl methyl sites for hydroxylation is 1. The average Bonchev–Trinajstić information content (AvgIpc) is 3.05. The van der Waals surface area contributed by atoms with Crippen LogP contribution >= 0.6 is 0 Å². The minimum absolute atomic E-state index is 0.142. The van der Waals surface area contributed by atoms with Crippen LogP contribution in [0.15, 0.2) is 18.2 Å². The maximum atomic E-state index is 6.08. The molecule has 1 aliphatic heterocycles. The number of fused-ring (bicyclic) bond motifs is 1. The number of rotatable bonds is 3. The molecule has 1 saturated carbocycles. The maximum Gasteiger partial charge on any atom is 0.189 e. The van der Waals surface area contributed by atoms with Gasteiger partial charge < -0.3 is 15.2 Å². The van der Waals surface area contributed by atoms with Gasteiger partial charge in [0.1, 0.15) is 5.75 Å². The Morgan fingerprint density at radius 2 is 2.19 bits per heavy atom. The normalized spacial score (nSPS) is 21.1. The van der Waals surface area contributed by atoms with Gasteiger partial charge >= 0.3 is 0 Å². The van der Waals surface area contributed by atoms with Crippen LogP contribution in [-0.2, 0) is 17.8 Å². The fourth-order valence-electron chi connectivity index (χ4n) is 2.10. The lowest BCUT2D eigenvalue weighted by Gasteiger charge is -2.18. The third-order valence-corrected chi connectivity index (χ3v) is 3.48. The molecule has 0 atom stereocenters. The van der Waals surface area contributed by atoms with Crippen LogP contribution in [0.4, 0.5) is 0 Å². The summed E-state index contributed by atoms with van der Waals surface area (Å²) in [6.45, 7) is 1.04. The van der Waals surface area contributed by atoms with Gasteiger partial charge in [-0.25, -0.2) is 0 Å². The Kier molecular flexibility index (Phi) is 2.37. The SMILES string of the molecule is NC1(CCc2ccc3c(c2)COCO3)CC1. The van der Waals surface area contributed by atoms with Crippen LogP contribution in [0.2, 0.25) is 0 Å². The number of nitrogens with two attached hydrogens (primary N) is 1. The smallest absolute Gasteiger partial charge is 0.189 e. The molecule has 1 aromatic carbocycles. The topological polar surface area (TPSA) is 44.5 Å². The molecule has 0 aromatic heterocycles. The van der Waals surface area contributed by atoms with Gasteiger partial charge in [-0.2, -0.15) is 0 Å². The third kappa shape index (κ3) is 2.06. The predicted octanol–water partition coefficient (Wildman–Crippen LogP) is 1.98. The van der Waals surface area contributed by atoms with E-state index in [1.54, 1.807) is 0 Å². The minimum Gasteiger partial charge on any atom is -0.467 e. The molecule has 3 nitrogen and oxygen atoms in total. The number of hydrogen-bond acceptors (Lipinski definition) is 3. The Labute approximate surface area is 95.5 Å². The van der Waals surface area contributed by atoms with Crippen LogP contribution in [0.5, 0.6) is 5.75 Å². The molecule has 16 heavy (non-hydrogen) atoms. The van der Waals surface area contributed by atoms with Crippen LogP contribution in [0.1, 0.15) is 30.4 Å². The molecule has 0 saturated heterocycles. The van der Waals surface area contributed by atoms with E-state index in [0.717, 1.165) is 24.2 Å². The van der Waals surface area contributed by atoms with E-state index in [9.17, 15) is 0 Å². The Bertz CT molecular complexity index is 399. The quantitative estimate of drug-likeness (QED) is 0.845. The van der Waals surface area contributed by atoms with Crippen LogP contribution in [-0.4, -0.2) is 12.3 Å². The molecule has 1 aromatic rings. The molecule has 0 amide bonds. The van der Waals surface area contributed by atoms with E-state index in [4.69, 9.17) is 15.2 Å². The van der Waals surface area contributed by atoms with Crippen molar-refractivity contribution in [2.24, 2.45) is 5.73 Å². The summed E-state index contributed by atoms with van der Waals surface area (Å²) in [6, 6.07) is 6.36. The summed E-state index contributed by atoms with van der Waals surface area (Å²) >= 11 is 0. The molecule has 0 unspecified atom stereocenters. The average molecular weight is 219 g/mol. The summed E-state index contributed by atoms with van der Waals surface area (Å²) < 4.78 is 10.7. The van der Waals surface area contributed by atoms with Gasteiger partial charge in [0.25, 0.3) is 0 Å². The van der Waals surface area contributed by atoms with E-state index >= 15 is 0 Å². The monoisotopic (exact) mass is 219 g/mol. The first-order valence-corrected chi connectivity index (χ1v) is 5.86. The van der Waals surface area contributed by atoms with Crippen molar-refractivity contribution in [3.8, 4) is 5.75 Å². The molecular formula is C13H17NO2. The third-order valence-electron chi connectivity index (χ3n) is 3.48. The standard InChI is InChI=1S/C13H17NO2/c14-13(5-6-13)4-3-10-1-2-12-11(7-10)8-15-9-16-12/h1-2,7H,3-6,8-9,14H2. The first-order chi connectivity index (χ1) is 7.75. The molecule has 0 bridgehead atoms. The lowest BCUT2D eigenvalue weighted by atomic mass is 10.0. The van der Waals surface area contributed by atoms with Crippen LogP contribution in [0.25, 0.3) is 0 Å². The van der Waals surface area contributed by atoms with Gasteiger partial charge in [0.2, 0.25) is 0 Å². The fourth-order valence-corrected chi connectivity index (χ4v) is 2.10. The van der Waals surface area contributed by atoms with Crippen LogP contribution in [0, 0.1) is 0 Å². The maximum absolute atomic E-state index is 6.08. The predicted molar refractivity (Wildman–Crippen MR) is 61.2 cm³/mol. The molecule has 1 fully saturated rings. The van der Waals surface area contributed by atoms with E-state index in [-0.39, 0.29) is 5.54 Å². The van der Waals surface area contributed by atoms with Crippen molar-refractivity contribution >= 4 is 0 Å². The van der Waals surface area contributed by atoms with Crippen molar-refractivity contribution in [1.82, 2.24) is 0 Å². The molecule has 3 rings (SSSR count). The molecule has 86 valence electrons. The van der Waals surface area contributed by atoms with Crippen molar-refractivity contribution < 1.29 is 9.47 Å². The minimum atomic E-state index is 0.142. The van der Waals surface area contributed by atoms with Crippen molar-refractivity contribution in [2.45, 2.75) is 37.8 Å². The highest BCUT2D eigenvalue weighted by Gasteiger charge is 2.37. The summed E-state index contributed by atoms with van der Waals surface area (Å²) in [5, 5.41) is 0. The van der Waals surface area contributed by atoms with Gasteiger partial charge in [0.05, 0.1) is 6.61 Å². The molecule has 2 aliphatic rings. The lowest BCUT2D eigenvalue weighted by Crippen LogP contribution is -2.22. The van der Waals surface area contributed by atoms with Crippen LogP contribution < -0.4 is 10.5 Å². The Morgan fingerprint density at radius 3 is 3.00 bits per heavy atom. The Hall–Kier alpha value is -1.06. The van der Waals surface area contributed by atoms with Gasteiger partial charge in [-0.05, 0) is 43.4 Å². The molecule has 1 heterocycles. The summed E-state index contributed by atoms with van der Waals surface area (Å²) in [7, 11) is 0. The molecule has 2 N–H and O–H groups in total. The van der Waals surface area contributed by atoms with Gasteiger partial charge in [0, 0.05) is 11.1 Å². The molecule has 3 heteroatoms. The zero-order valence-electron chi connectivity index (χ0n) is 9.37. The molecular weight excluding hydrogens is 202 g/mol. The summed E-state index contributed by atoms with van der Waals surface area (Å²) in [5.41, 5.74) is 8.72. The fraction of sp³-hybridized carbons (Fsp3) is 0.538. The Balaban J connectivity index is 1.70. The first kappa shape index (κ1) is 10.1. The van der Waals surface area contributed by atoms with Gasteiger partial charge in [0.15, 0.2) is 6.79 Å². The first-order valence-electron chi connectivity index (χ1n) is 5.86. The van der Waals surface area contributed by atoms with E-state index in [1.165, 1.54) is 18.4 Å². The second-order valence-corrected chi connectivity index (χ2v) is 4.92. The van der Waals surface area contributed by atoms with Gasteiger partial charge in [-0.3, -0.25) is 0 Å². The number of ether oxygens (including phenoxy) is 2. The van der Waals surface area contributed by atoms with Crippen molar-refractivity contribution in [1.29, 1.82) is 0 Å². The van der Waals surface area contributed by atoms with E-state index in [0.29, 0.717) is 13.4 Å². The highest BCUT2D eigenvalue weighted by atomic mass is 16.7. The second kappa shape index (κ2) is 3.75. The van der Waals surface area contributed by atoms with E-state index < -0.39 is 0 Å². The summed E-state index contributed by atoms with van der Waals surface area (Å²) in [5.74, 6) is 0.962. The van der Waals surface area contributed by atoms with E-state index in [1.807, 2.05) is 6.07 Å². The van der Waals surface area contributed by atoms with Gasteiger partial charge in [-0.1, -0.05) is 6.07 Å². The van der Waals surface area contributed by atoms with Gasteiger partial charge in [-0.15, -0.1) is 0 Å². The molecule has 0 spiro atoms. The van der Waals surface area contributed by atoms with Crippen molar-refractivity contribution in [2.75, 3.05) is 6.79 Å².